The van der Waals surface area contributed by atoms with Gasteiger partial charge >= 0.3 is 12.4 Å². The second-order valence-electron chi connectivity index (χ2n) is 8.37. The number of ether oxygens (including phenoxy) is 1. The number of rotatable bonds is 5. The van der Waals surface area contributed by atoms with Crippen molar-refractivity contribution in [3.8, 4) is 11.5 Å². The third kappa shape index (κ3) is 5.15. The Hall–Kier alpha value is -4.29. The number of nitrogens with zero attached hydrogens (tertiary/aromatic N) is 2. The Morgan fingerprint density at radius 3 is 2.30 bits per heavy atom. The van der Waals surface area contributed by atoms with Crippen LogP contribution in [-0.4, -0.2) is 24.5 Å². The summed E-state index contributed by atoms with van der Waals surface area (Å²) in [4.78, 5) is 6.00. The number of allylic oxidation sites excluding steroid dienone is 1. The van der Waals surface area contributed by atoms with Crippen molar-refractivity contribution in [1.82, 2.24) is 15.6 Å². The molecule has 2 aromatic carbocycles. The van der Waals surface area contributed by atoms with Crippen LogP contribution in [0.15, 0.2) is 72.7 Å². The summed E-state index contributed by atoms with van der Waals surface area (Å²) >= 11 is 0. The fraction of sp³-hybridized carbons (Fsp3) is 0.208. The maximum Gasteiger partial charge on any atom is 0.432 e. The molecular weight excluding hydrogens is 502 g/mol. The van der Waals surface area contributed by atoms with Crippen molar-refractivity contribution in [3.05, 3.63) is 83.9 Å². The number of hydrogen-bond donors (Lipinski definition) is 4. The molecule has 1 aromatic heterocycles. The van der Waals surface area contributed by atoms with Gasteiger partial charge in [-0.05, 0) is 42.5 Å². The third-order valence-electron chi connectivity index (χ3n) is 5.83. The molecule has 0 saturated carbocycles. The molecule has 3 heterocycles. The molecule has 37 heavy (non-hydrogen) atoms. The number of anilines is 3. The van der Waals surface area contributed by atoms with E-state index in [1.807, 2.05) is 18.0 Å². The standard InChI is InChI=1S/C24H20F6N6O/c1-36-19-7-6-15(10-17(19)34-22(36)33-14-4-2-13(3-5-14)23(25,26)27)37-16-8-9-31-18(11-16)21-32-12-20(35-21)24(28,29)30/h2-12,21-22,32-35H,1H3. The van der Waals surface area contributed by atoms with E-state index in [1.165, 1.54) is 24.4 Å². The van der Waals surface area contributed by atoms with E-state index in [0.29, 0.717) is 22.9 Å². The summed E-state index contributed by atoms with van der Waals surface area (Å²) in [5, 5.41) is 11.3. The summed E-state index contributed by atoms with van der Waals surface area (Å²) in [6.07, 6.45) is -7.90. The molecule has 0 aliphatic carbocycles. The van der Waals surface area contributed by atoms with Crippen LogP contribution < -0.4 is 30.9 Å². The van der Waals surface area contributed by atoms with Gasteiger partial charge in [0, 0.05) is 37.3 Å². The second-order valence-corrected chi connectivity index (χ2v) is 8.37. The molecule has 2 unspecified atom stereocenters. The fourth-order valence-electron chi connectivity index (χ4n) is 3.95. The quantitative estimate of drug-likeness (QED) is 0.318. The zero-order valence-electron chi connectivity index (χ0n) is 19.1. The van der Waals surface area contributed by atoms with Crippen LogP contribution in [0.2, 0.25) is 0 Å². The predicted octanol–water partition coefficient (Wildman–Crippen LogP) is 5.75. The first-order valence-corrected chi connectivity index (χ1v) is 11.0. The van der Waals surface area contributed by atoms with Crippen LogP contribution in [0.25, 0.3) is 0 Å². The summed E-state index contributed by atoms with van der Waals surface area (Å²) < 4.78 is 83.0. The molecular formula is C24H20F6N6O. The zero-order valence-corrected chi connectivity index (χ0v) is 19.1. The van der Waals surface area contributed by atoms with Crippen molar-refractivity contribution in [2.75, 3.05) is 22.6 Å². The average Bonchev–Trinajstić information content (AvgIpc) is 3.45. The van der Waals surface area contributed by atoms with E-state index in [2.05, 4.69) is 26.3 Å². The molecule has 2 aliphatic rings. The van der Waals surface area contributed by atoms with Crippen LogP contribution in [0.1, 0.15) is 17.4 Å². The monoisotopic (exact) mass is 522 g/mol. The molecule has 0 radical (unpaired) electrons. The Bertz CT molecular complexity index is 1320. The first kappa shape index (κ1) is 24.4. The van der Waals surface area contributed by atoms with Gasteiger partial charge in [-0.2, -0.15) is 26.3 Å². The molecule has 2 aliphatic heterocycles. The Morgan fingerprint density at radius 2 is 1.62 bits per heavy atom. The number of pyridine rings is 1. The van der Waals surface area contributed by atoms with E-state index in [9.17, 15) is 26.3 Å². The van der Waals surface area contributed by atoms with Gasteiger partial charge in [-0.25, -0.2) is 0 Å². The van der Waals surface area contributed by atoms with Crippen LogP contribution in [0.5, 0.6) is 11.5 Å². The van der Waals surface area contributed by atoms with Crippen molar-refractivity contribution in [1.29, 1.82) is 0 Å². The topological polar surface area (TPSA) is 73.5 Å². The van der Waals surface area contributed by atoms with Gasteiger partial charge in [0.1, 0.15) is 23.4 Å². The lowest BCUT2D eigenvalue weighted by Gasteiger charge is -2.24. The minimum atomic E-state index is -4.50. The molecule has 2 atom stereocenters. The van der Waals surface area contributed by atoms with Crippen LogP contribution in [0, 0.1) is 0 Å². The van der Waals surface area contributed by atoms with Crippen LogP contribution in [0.4, 0.5) is 43.4 Å². The van der Waals surface area contributed by atoms with Gasteiger partial charge in [0.05, 0.1) is 22.6 Å². The number of benzene rings is 2. The normalized spacial score (nSPS) is 18.9. The molecule has 3 aromatic rings. The molecule has 194 valence electrons. The highest BCUT2D eigenvalue weighted by atomic mass is 19.4. The van der Waals surface area contributed by atoms with E-state index in [1.54, 1.807) is 18.2 Å². The van der Waals surface area contributed by atoms with Gasteiger partial charge in [0.2, 0.25) is 0 Å². The molecule has 0 saturated heterocycles. The lowest BCUT2D eigenvalue weighted by Crippen LogP contribution is -2.39. The summed E-state index contributed by atoms with van der Waals surface area (Å²) in [7, 11) is 1.82. The van der Waals surface area contributed by atoms with E-state index in [-0.39, 0.29) is 0 Å². The van der Waals surface area contributed by atoms with E-state index in [4.69, 9.17) is 4.74 Å². The number of halogens is 6. The molecule has 0 fully saturated rings. The summed E-state index contributed by atoms with van der Waals surface area (Å²) in [5.41, 5.74) is 0.746. The molecule has 13 heteroatoms. The number of hydrogen-bond acceptors (Lipinski definition) is 7. The first-order valence-electron chi connectivity index (χ1n) is 11.0. The van der Waals surface area contributed by atoms with Gasteiger partial charge in [-0.3, -0.25) is 4.98 Å². The van der Waals surface area contributed by atoms with Crippen LogP contribution in [0.3, 0.4) is 0 Å². The smallest absolute Gasteiger partial charge is 0.432 e. The average molecular weight is 522 g/mol. The van der Waals surface area contributed by atoms with Gasteiger partial charge in [0.25, 0.3) is 0 Å². The highest BCUT2D eigenvalue weighted by Crippen LogP contribution is 2.38. The fourth-order valence-corrected chi connectivity index (χ4v) is 3.95. The third-order valence-corrected chi connectivity index (χ3v) is 5.83. The SMILES string of the molecule is CN1c2ccc(Oc3ccnc(C4NC=C(C(F)(F)F)N4)c3)cc2NC1Nc1ccc(C(F)(F)F)cc1. The minimum absolute atomic E-state index is 0.313. The number of alkyl halides is 6. The Kier molecular flexibility index (Phi) is 5.92. The highest BCUT2D eigenvalue weighted by Gasteiger charge is 2.38. The number of fused-ring (bicyclic) bond motifs is 1. The lowest BCUT2D eigenvalue weighted by atomic mass is 10.2. The van der Waals surface area contributed by atoms with Crippen molar-refractivity contribution in [2.45, 2.75) is 24.8 Å². The van der Waals surface area contributed by atoms with Gasteiger partial charge < -0.3 is 30.9 Å². The highest BCUT2D eigenvalue weighted by molar-refractivity contribution is 5.78. The Labute approximate surface area is 207 Å². The van der Waals surface area contributed by atoms with Gasteiger partial charge in [0.15, 0.2) is 6.29 Å². The van der Waals surface area contributed by atoms with Crippen molar-refractivity contribution >= 4 is 17.1 Å². The Morgan fingerprint density at radius 1 is 0.892 bits per heavy atom. The van der Waals surface area contributed by atoms with E-state index < -0.39 is 36.1 Å². The van der Waals surface area contributed by atoms with Gasteiger partial charge in [-0.15, -0.1) is 0 Å². The molecule has 0 amide bonds. The summed E-state index contributed by atoms with van der Waals surface area (Å²) in [6, 6.07) is 13.1. The molecule has 4 N–H and O–H groups in total. The molecule has 0 bridgehead atoms. The largest absolute Gasteiger partial charge is 0.457 e. The van der Waals surface area contributed by atoms with E-state index >= 15 is 0 Å². The Balaban J connectivity index is 1.25. The number of nitrogens with one attached hydrogen (secondary N) is 4. The lowest BCUT2D eigenvalue weighted by molar-refractivity contribution is -0.137. The van der Waals surface area contributed by atoms with Gasteiger partial charge in [-0.1, -0.05) is 0 Å². The van der Waals surface area contributed by atoms with Crippen molar-refractivity contribution in [2.24, 2.45) is 0 Å². The molecule has 0 spiro atoms. The summed E-state index contributed by atoms with van der Waals surface area (Å²) in [6.45, 7) is 0. The maximum absolute atomic E-state index is 12.9. The maximum atomic E-state index is 12.9. The van der Waals surface area contributed by atoms with Crippen LogP contribution in [-0.2, 0) is 6.18 Å². The van der Waals surface area contributed by atoms with Crippen molar-refractivity contribution in [3.63, 3.8) is 0 Å². The van der Waals surface area contributed by atoms with Crippen molar-refractivity contribution < 1.29 is 31.1 Å². The zero-order chi connectivity index (χ0) is 26.4. The molecule has 5 rings (SSSR count). The minimum Gasteiger partial charge on any atom is -0.457 e. The van der Waals surface area contributed by atoms with E-state index in [0.717, 1.165) is 29.7 Å². The number of aromatic nitrogens is 1. The predicted molar refractivity (Wildman–Crippen MR) is 125 cm³/mol. The summed E-state index contributed by atoms with van der Waals surface area (Å²) in [5.74, 6) is 0.841. The van der Waals surface area contributed by atoms with Crippen LogP contribution >= 0.6 is 0 Å². The second kappa shape index (κ2) is 8.98. The first-order chi connectivity index (χ1) is 17.5. The molecule has 7 nitrogen and oxygen atoms in total.